The molecule has 6 heteroatoms. The lowest BCUT2D eigenvalue weighted by atomic mass is 9.75. The zero-order valence-electron chi connectivity index (χ0n) is 17.1. The van der Waals surface area contributed by atoms with E-state index in [4.69, 9.17) is 11.2 Å². The van der Waals surface area contributed by atoms with Gasteiger partial charge in [0.05, 0.1) is 19.1 Å². The summed E-state index contributed by atoms with van der Waals surface area (Å²) in [6.07, 6.45) is 10.6. The molecular weight excluding hydrogens is 368 g/mol. The molecule has 2 aliphatic rings. The van der Waals surface area contributed by atoms with Gasteiger partial charge in [0.2, 0.25) is 17.7 Å². The Morgan fingerprint density at radius 1 is 1.24 bits per heavy atom. The second kappa shape index (κ2) is 8.69. The van der Waals surface area contributed by atoms with E-state index in [2.05, 4.69) is 5.92 Å². The highest BCUT2D eigenvalue weighted by Gasteiger charge is 2.53. The average molecular weight is 396 g/mol. The number of hydrogen-bond acceptors (Lipinski definition) is 4. The minimum absolute atomic E-state index is 0.0189. The molecule has 154 valence electrons. The third-order valence-electron chi connectivity index (χ3n) is 6.23. The number of ether oxygens (including phenoxy) is 1. The SMILES string of the molecule is C#CCN(C(=O)CC1(c2ccc(OC)cc2)CC(=O)N(C)C1=O)C1CCCCC1. The van der Waals surface area contributed by atoms with Crippen molar-refractivity contribution in [2.45, 2.75) is 56.4 Å². The smallest absolute Gasteiger partial charge is 0.240 e. The molecule has 3 rings (SSSR count). The van der Waals surface area contributed by atoms with E-state index in [1.54, 1.807) is 36.3 Å². The Bertz CT molecular complexity index is 820. The van der Waals surface area contributed by atoms with Gasteiger partial charge >= 0.3 is 0 Å². The number of likely N-dealkylation sites (N-methyl/N-ethyl adjacent to an activating group) is 1. The Kier molecular flexibility index (Phi) is 6.26. The molecule has 3 amide bonds. The largest absolute Gasteiger partial charge is 0.497 e. The van der Waals surface area contributed by atoms with E-state index in [-0.39, 0.29) is 43.1 Å². The minimum atomic E-state index is -1.20. The van der Waals surface area contributed by atoms with Crippen LogP contribution in [0.1, 0.15) is 50.5 Å². The molecule has 1 saturated carbocycles. The summed E-state index contributed by atoms with van der Waals surface area (Å²) in [5.74, 6) is 2.46. The summed E-state index contributed by atoms with van der Waals surface area (Å²) in [6.45, 7) is 0.222. The van der Waals surface area contributed by atoms with Crippen molar-refractivity contribution >= 4 is 17.7 Å². The zero-order valence-corrected chi connectivity index (χ0v) is 17.1. The summed E-state index contributed by atoms with van der Waals surface area (Å²) >= 11 is 0. The number of rotatable bonds is 6. The van der Waals surface area contributed by atoms with E-state index < -0.39 is 5.41 Å². The monoisotopic (exact) mass is 396 g/mol. The van der Waals surface area contributed by atoms with Crippen molar-refractivity contribution < 1.29 is 19.1 Å². The molecule has 1 atom stereocenters. The van der Waals surface area contributed by atoms with Crippen molar-refractivity contribution in [3.8, 4) is 18.1 Å². The van der Waals surface area contributed by atoms with E-state index in [1.807, 2.05) is 0 Å². The van der Waals surface area contributed by atoms with Crippen LogP contribution in [0, 0.1) is 12.3 Å². The number of amides is 3. The Hall–Kier alpha value is -2.81. The molecular formula is C23H28N2O4. The second-order valence-electron chi connectivity index (χ2n) is 7.94. The molecule has 1 aliphatic carbocycles. The maximum absolute atomic E-state index is 13.4. The highest BCUT2D eigenvalue weighted by molar-refractivity contribution is 6.10. The number of hydrogen-bond donors (Lipinski definition) is 0. The van der Waals surface area contributed by atoms with Crippen LogP contribution in [0.5, 0.6) is 5.75 Å². The van der Waals surface area contributed by atoms with E-state index >= 15 is 0 Å². The lowest BCUT2D eigenvalue weighted by Crippen LogP contribution is -2.46. The molecule has 1 aromatic rings. The maximum Gasteiger partial charge on any atom is 0.240 e. The Morgan fingerprint density at radius 3 is 2.41 bits per heavy atom. The standard InChI is InChI=1S/C23H28N2O4/c1-4-14-25(18-8-6-5-7-9-18)21(27)16-23(15-20(26)24(2)22(23)28)17-10-12-19(29-3)13-11-17/h1,10-13,18H,5-9,14-16H2,2-3H3. The first-order valence-electron chi connectivity index (χ1n) is 10.1. The third kappa shape index (κ3) is 4.00. The lowest BCUT2D eigenvalue weighted by molar-refractivity contribution is -0.142. The summed E-state index contributed by atoms with van der Waals surface area (Å²) in [4.78, 5) is 41.8. The van der Waals surface area contributed by atoms with Gasteiger partial charge in [0.1, 0.15) is 5.75 Å². The number of methoxy groups -OCH3 is 1. The first-order valence-corrected chi connectivity index (χ1v) is 10.1. The van der Waals surface area contributed by atoms with Crippen LogP contribution in [-0.4, -0.2) is 54.3 Å². The van der Waals surface area contributed by atoms with Gasteiger partial charge in [0.15, 0.2) is 0 Å². The van der Waals surface area contributed by atoms with Gasteiger partial charge in [-0.25, -0.2) is 0 Å². The molecule has 0 radical (unpaired) electrons. The van der Waals surface area contributed by atoms with Crippen LogP contribution in [0.3, 0.4) is 0 Å². The van der Waals surface area contributed by atoms with Crippen molar-refractivity contribution in [2.24, 2.45) is 0 Å². The Balaban J connectivity index is 1.94. The summed E-state index contributed by atoms with van der Waals surface area (Å²) in [5.41, 5.74) is -0.546. The molecule has 2 fully saturated rings. The summed E-state index contributed by atoms with van der Waals surface area (Å²) in [5, 5.41) is 0. The van der Waals surface area contributed by atoms with Crippen molar-refractivity contribution in [1.82, 2.24) is 9.80 Å². The fraction of sp³-hybridized carbons (Fsp3) is 0.522. The van der Waals surface area contributed by atoms with Crippen molar-refractivity contribution in [3.05, 3.63) is 29.8 Å². The zero-order chi connectivity index (χ0) is 21.0. The molecule has 0 spiro atoms. The quantitative estimate of drug-likeness (QED) is 0.547. The topological polar surface area (TPSA) is 66.9 Å². The van der Waals surface area contributed by atoms with Crippen molar-refractivity contribution in [1.29, 1.82) is 0 Å². The minimum Gasteiger partial charge on any atom is -0.497 e. The van der Waals surface area contributed by atoms with Gasteiger partial charge in [-0.15, -0.1) is 6.42 Å². The number of terminal acetylenes is 1. The molecule has 1 saturated heterocycles. The van der Waals surface area contributed by atoms with Gasteiger partial charge < -0.3 is 9.64 Å². The predicted molar refractivity (Wildman–Crippen MR) is 109 cm³/mol. The van der Waals surface area contributed by atoms with Crippen LogP contribution in [0.2, 0.25) is 0 Å². The lowest BCUT2D eigenvalue weighted by Gasteiger charge is -2.36. The molecule has 1 unspecified atom stereocenters. The van der Waals surface area contributed by atoms with Crippen LogP contribution in [-0.2, 0) is 19.8 Å². The maximum atomic E-state index is 13.4. The number of carbonyl (C=O) groups excluding carboxylic acids is 3. The molecule has 6 nitrogen and oxygen atoms in total. The molecule has 0 bridgehead atoms. The van der Waals surface area contributed by atoms with Crippen molar-refractivity contribution in [3.63, 3.8) is 0 Å². The first kappa shape index (κ1) is 20.9. The number of benzene rings is 1. The van der Waals surface area contributed by atoms with E-state index in [1.165, 1.54) is 13.5 Å². The Labute approximate surface area is 172 Å². The first-order chi connectivity index (χ1) is 13.9. The van der Waals surface area contributed by atoms with E-state index in [9.17, 15) is 14.4 Å². The highest BCUT2D eigenvalue weighted by atomic mass is 16.5. The van der Waals surface area contributed by atoms with Gasteiger partial charge in [0.25, 0.3) is 0 Å². The molecule has 1 aliphatic heterocycles. The number of carbonyl (C=O) groups is 3. The average Bonchev–Trinajstić information content (AvgIpc) is 2.96. The summed E-state index contributed by atoms with van der Waals surface area (Å²) in [6, 6.07) is 7.13. The van der Waals surface area contributed by atoms with Gasteiger partial charge in [-0.3, -0.25) is 19.3 Å². The predicted octanol–water partition coefficient (Wildman–Crippen LogP) is 2.51. The number of imide groups is 1. The normalized spacial score (nSPS) is 22.4. The number of likely N-dealkylation sites (tertiary alicyclic amines) is 1. The Morgan fingerprint density at radius 2 is 1.90 bits per heavy atom. The van der Waals surface area contributed by atoms with Crippen LogP contribution in [0.15, 0.2) is 24.3 Å². The molecule has 29 heavy (non-hydrogen) atoms. The van der Waals surface area contributed by atoms with Gasteiger partial charge in [0, 0.05) is 25.9 Å². The van der Waals surface area contributed by atoms with E-state index in [0.717, 1.165) is 30.6 Å². The van der Waals surface area contributed by atoms with Gasteiger partial charge in [-0.05, 0) is 30.5 Å². The third-order valence-corrected chi connectivity index (χ3v) is 6.23. The molecule has 1 aromatic carbocycles. The van der Waals surface area contributed by atoms with Crippen LogP contribution >= 0.6 is 0 Å². The number of nitrogens with zero attached hydrogens (tertiary/aromatic N) is 2. The summed E-state index contributed by atoms with van der Waals surface area (Å²) < 4.78 is 5.20. The van der Waals surface area contributed by atoms with Crippen LogP contribution in [0.4, 0.5) is 0 Å². The van der Waals surface area contributed by atoms with Crippen LogP contribution < -0.4 is 4.74 Å². The van der Waals surface area contributed by atoms with Gasteiger partial charge in [-0.2, -0.15) is 0 Å². The van der Waals surface area contributed by atoms with Crippen LogP contribution in [0.25, 0.3) is 0 Å². The van der Waals surface area contributed by atoms with Gasteiger partial charge in [-0.1, -0.05) is 37.3 Å². The molecule has 1 heterocycles. The molecule has 0 aromatic heterocycles. The fourth-order valence-electron chi connectivity index (χ4n) is 4.53. The fourth-order valence-corrected chi connectivity index (χ4v) is 4.53. The van der Waals surface area contributed by atoms with Crippen molar-refractivity contribution in [2.75, 3.05) is 20.7 Å². The molecule has 0 N–H and O–H groups in total. The van der Waals surface area contributed by atoms with E-state index in [0.29, 0.717) is 11.3 Å². The highest BCUT2D eigenvalue weighted by Crippen LogP contribution is 2.40. The summed E-state index contributed by atoms with van der Waals surface area (Å²) in [7, 11) is 3.04. The second-order valence-corrected chi connectivity index (χ2v) is 7.94.